The van der Waals surface area contributed by atoms with E-state index < -0.39 is 0 Å². The summed E-state index contributed by atoms with van der Waals surface area (Å²) in [7, 11) is 1.66. The fraction of sp³-hybridized carbons (Fsp3) is 0.312. The molecule has 0 unspecified atom stereocenters. The number of nitrogens with zero attached hydrogens (tertiary/aromatic N) is 4. The van der Waals surface area contributed by atoms with Crippen molar-refractivity contribution in [2.24, 2.45) is 0 Å². The Hall–Kier alpha value is -2.34. The van der Waals surface area contributed by atoms with Crippen LogP contribution in [-0.2, 0) is 13.0 Å². The van der Waals surface area contributed by atoms with Crippen molar-refractivity contribution in [3.8, 4) is 5.75 Å². The highest BCUT2D eigenvalue weighted by Crippen LogP contribution is 2.28. The molecular formula is C16H18ClN5O. The summed E-state index contributed by atoms with van der Waals surface area (Å²) in [5, 5.41) is 6.06. The molecular weight excluding hydrogens is 314 g/mol. The molecule has 0 aliphatic heterocycles. The fourth-order valence-corrected chi connectivity index (χ4v) is 2.86. The number of rotatable bonds is 4. The van der Waals surface area contributed by atoms with Gasteiger partial charge in [-0.3, -0.25) is 0 Å². The van der Waals surface area contributed by atoms with Gasteiger partial charge in [0.1, 0.15) is 17.9 Å². The molecule has 0 amide bonds. The van der Waals surface area contributed by atoms with Gasteiger partial charge >= 0.3 is 0 Å². The maximum absolute atomic E-state index is 6.23. The second-order valence-corrected chi connectivity index (χ2v) is 5.84. The van der Waals surface area contributed by atoms with Crippen LogP contribution in [0.5, 0.6) is 5.75 Å². The van der Waals surface area contributed by atoms with Gasteiger partial charge in [0.15, 0.2) is 5.65 Å². The number of nitrogens with two attached hydrogens (primary N) is 1. The van der Waals surface area contributed by atoms with Gasteiger partial charge in [-0.05, 0) is 43.5 Å². The number of hydrogen-bond donors (Lipinski definition) is 1. The lowest BCUT2D eigenvalue weighted by molar-refractivity contribution is 0.407. The first kappa shape index (κ1) is 15.6. The number of benzene rings is 1. The molecule has 0 saturated heterocycles. The monoisotopic (exact) mass is 331 g/mol. The lowest BCUT2D eigenvalue weighted by Crippen LogP contribution is -2.06. The van der Waals surface area contributed by atoms with E-state index in [2.05, 4.69) is 15.1 Å². The topological polar surface area (TPSA) is 78.9 Å². The number of fused-ring (bicyclic) bond motifs is 1. The maximum atomic E-state index is 6.23. The van der Waals surface area contributed by atoms with Crippen molar-refractivity contribution in [1.82, 2.24) is 19.7 Å². The van der Waals surface area contributed by atoms with Crippen LogP contribution in [0.15, 0.2) is 18.5 Å². The number of aromatic nitrogens is 4. The molecule has 0 saturated carbocycles. The minimum absolute atomic E-state index is 0.453. The van der Waals surface area contributed by atoms with E-state index >= 15 is 0 Å². The average molecular weight is 332 g/mol. The van der Waals surface area contributed by atoms with Crippen molar-refractivity contribution < 1.29 is 4.74 Å². The lowest BCUT2D eigenvalue weighted by Gasteiger charge is -2.11. The number of anilines is 1. The molecule has 3 rings (SSSR count). The standard InChI is InChI=1S/C16H18ClN5O/c1-9-6-13(23-3)11(7-12(9)17)4-5-22-16-14(10(2)21-22)15(18)19-8-20-16/h6-8H,4-5H2,1-3H3,(H2,18,19,20). The van der Waals surface area contributed by atoms with Gasteiger partial charge in [-0.2, -0.15) is 5.10 Å². The summed E-state index contributed by atoms with van der Waals surface area (Å²) < 4.78 is 7.29. The highest BCUT2D eigenvalue weighted by atomic mass is 35.5. The molecule has 7 heteroatoms. The van der Waals surface area contributed by atoms with Gasteiger partial charge in [0.25, 0.3) is 0 Å². The van der Waals surface area contributed by atoms with E-state index in [4.69, 9.17) is 22.1 Å². The summed E-state index contributed by atoms with van der Waals surface area (Å²) in [6.45, 7) is 4.51. The number of aryl methyl sites for hydroxylation is 4. The van der Waals surface area contributed by atoms with Crippen LogP contribution in [0, 0.1) is 13.8 Å². The third kappa shape index (κ3) is 2.82. The molecule has 0 aliphatic rings. The van der Waals surface area contributed by atoms with Crippen LogP contribution in [0.2, 0.25) is 5.02 Å². The maximum Gasteiger partial charge on any atom is 0.163 e. The Morgan fingerprint density at radius 2 is 2.04 bits per heavy atom. The van der Waals surface area contributed by atoms with Crippen LogP contribution in [-0.4, -0.2) is 26.9 Å². The van der Waals surface area contributed by atoms with Crippen molar-refractivity contribution in [2.45, 2.75) is 26.8 Å². The Labute approximate surface area is 139 Å². The first-order valence-electron chi connectivity index (χ1n) is 7.28. The minimum atomic E-state index is 0.453. The van der Waals surface area contributed by atoms with E-state index in [1.807, 2.05) is 30.7 Å². The largest absolute Gasteiger partial charge is 0.496 e. The second kappa shape index (κ2) is 6.04. The van der Waals surface area contributed by atoms with Crippen LogP contribution in [0.1, 0.15) is 16.8 Å². The summed E-state index contributed by atoms with van der Waals surface area (Å²) in [6, 6.07) is 3.89. The van der Waals surface area contributed by atoms with Gasteiger partial charge in [-0.1, -0.05) is 11.6 Å². The quantitative estimate of drug-likeness (QED) is 0.795. The highest BCUT2D eigenvalue weighted by molar-refractivity contribution is 6.31. The van der Waals surface area contributed by atoms with Gasteiger partial charge in [0.05, 0.1) is 18.2 Å². The van der Waals surface area contributed by atoms with Crippen molar-refractivity contribution in [1.29, 1.82) is 0 Å². The zero-order chi connectivity index (χ0) is 16.6. The zero-order valence-corrected chi connectivity index (χ0v) is 14.1. The van der Waals surface area contributed by atoms with Crippen molar-refractivity contribution >= 4 is 28.5 Å². The Bertz CT molecular complexity index is 875. The predicted octanol–water partition coefficient (Wildman–Crippen LogP) is 2.93. The second-order valence-electron chi connectivity index (χ2n) is 5.43. The van der Waals surface area contributed by atoms with E-state index in [0.29, 0.717) is 12.4 Å². The number of methoxy groups -OCH3 is 1. The van der Waals surface area contributed by atoms with Gasteiger partial charge in [-0.25, -0.2) is 14.6 Å². The van der Waals surface area contributed by atoms with Crippen molar-refractivity contribution in [2.75, 3.05) is 12.8 Å². The molecule has 0 aliphatic carbocycles. The molecule has 0 spiro atoms. The fourth-order valence-electron chi connectivity index (χ4n) is 2.67. The number of hydrogen-bond acceptors (Lipinski definition) is 5. The first-order chi connectivity index (χ1) is 11.0. The minimum Gasteiger partial charge on any atom is -0.496 e. The Morgan fingerprint density at radius 1 is 1.26 bits per heavy atom. The van der Waals surface area contributed by atoms with Gasteiger partial charge < -0.3 is 10.5 Å². The van der Waals surface area contributed by atoms with Gasteiger partial charge in [-0.15, -0.1) is 0 Å². The number of ether oxygens (including phenoxy) is 1. The van der Waals surface area contributed by atoms with Crippen molar-refractivity contribution in [3.63, 3.8) is 0 Å². The Balaban J connectivity index is 1.93. The summed E-state index contributed by atoms with van der Waals surface area (Å²) >= 11 is 6.23. The SMILES string of the molecule is COc1cc(C)c(Cl)cc1CCn1nc(C)c2c(N)ncnc21. The zero-order valence-electron chi connectivity index (χ0n) is 13.3. The average Bonchev–Trinajstić information content (AvgIpc) is 2.85. The Morgan fingerprint density at radius 3 is 2.78 bits per heavy atom. The Kier molecular flexibility index (Phi) is 4.09. The normalized spacial score (nSPS) is 11.1. The molecule has 3 aromatic rings. The molecule has 2 aromatic heterocycles. The van der Waals surface area contributed by atoms with E-state index in [9.17, 15) is 0 Å². The molecule has 0 atom stereocenters. The molecule has 0 fully saturated rings. The molecule has 120 valence electrons. The lowest BCUT2D eigenvalue weighted by atomic mass is 10.1. The molecule has 2 heterocycles. The molecule has 1 aromatic carbocycles. The van der Waals surface area contributed by atoms with Crippen molar-refractivity contribution in [3.05, 3.63) is 40.3 Å². The van der Waals surface area contributed by atoms with Crippen LogP contribution in [0.4, 0.5) is 5.82 Å². The van der Waals surface area contributed by atoms with E-state index in [0.717, 1.165) is 45.0 Å². The molecule has 0 radical (unpaired) electrons. The summed E-state index contributed by atoms with van der Waals surface area (Å²) in [5.41, 5.74) is 9.51. The molecule has 23 heavy (non-hydrogen) atoms. The van der Waals surface area contributed by atoms with Crippen LogP contribution in [0.25, 0.3) is 11.0 Å². The predicted molar refractivity (Wildman–Crippen MR) is 90.9 cm³/mol. The van der Waals surface area contributed by atoms with Crippen LogP contribution >= 0.6 is 11.6 Å². The summed E-state index contributed by atoms with van der Waals surface area (Å²) in [5.74, 6) is 1.28. The van der Waals surface area contributed by atoms with E-state index in [1.54, 1.807) is 7.11 Å². The molecule has 0 bridgehead atoms. The summed E-state index contributed by atoms with van der Waals surface area (Å²) in [6.07, 6.45) is 2.18. The van der Waals surface area contributed by atoms with Crippen LogP contribution < -0.4 is 10.5 Å². The highest BCUT2D eigenvalue weighted by Gasteiger charge is 2.13. The number of nitrogen functional groups attached to an aromatic ring is 1. The smallest absolute Gasteiger partial charge is 0.163 e. The summed E-state index contributed by atoms with van der Waals surface area (Å²) in [4.78, 5) is 8.33. The molecule has 2 N–H and O–H groups in total. The van der Waals surface area contributed by atoms with E-state index in [-0.39, 0.29) is 0 Å². The van der Waals surface area contributed by atoms with Crippen LogP contribution in [0.3, 0.4) is 0 Å². The van der Waals surface area contributed by atoms with E-state index in [1.165, 1.54) is 6.33 Å². The number of halogens is 1. The van der Waals surface area contributed by atoms with Gasteiger partial charge in [0, 0.05) is 11.6 Å². The molecule has 6 nitrogen and oxygen atoms in total. The third-order valence-corrected chi connectivity index (χ3v) is 4.30. The first-order valence-corrected chi connectivity index (χ1v) is 7.65. The third-order valence-electron chi connectivity index (χ3n) is 3.89. The van der Waals surface area contributed by atoms with Gasteiger partial charge in [0.2, 0.25) is 0 Å².